The number of amides is 2. The van der Waals surface area contributed by atoms with Gasteiger partial charge in [-0.15, -0.1) is 0 Å². The second-order valence-electron chi connectivity index (χ2n) is 8.18. The Balaban J connectivity index is 1.69. The number of carbonyl (C=O) groups is 2. The van der Waals surface area contributed by atoms with Gasteiger partial charge in [0.15, 0.2) is 0 Å². The standard InChI is InChI=1S/C25H34N2O4/c1-2-3-5-14-24(28)27(19-23-13-9-16-31-23)20-25(29)26(18-22-12-8-15-30-22)17-21-10-6-4-7-11-21/h4,6-8,10-12,15,23H,2-3,5,9,13-14,16-20H2,1H3. The molecule has 1 unspecified atom stereocenters. The third-order valence-electron chi connectivity index (χ3n) is 5.62. The lowest BCUT2D eigenvalue weighted by Crippen LogP contribution is -2.45. The zero-order chi connectivity index (χ0) is 21.9. The van der Waals surface area contributed by atoms with Gasteiger partial charge in [0, 0.05) is 26.1 Å². The normalized spacial score (nSPS) is 15.7. The van der Waals surface area contributed by atoms with E-state index in [0.29, 0.717) is 26.1 Å². The van der Waals surface area contributed by atoms with E-state index >= 15 is 0 Å². The summed E-state index contributed by atoms with van der Waals surface area (Å²) >= 11 is 0. The average Bonchev–Trinajstić information content (AvgIpc) is 3.48. The van der Waals surface area contributed by atoms with Crippen molar-refractivity contribution < 1.29 is 18.7 Å². The zero-order valence-corrected chi connectivity index (χ0v) is 18.5. The van der Waals surface area contributed by atoms with Gasteiger partial charge >= 0.3 is 0 Å². The Morgan fingerprint density at radius 2 is 1.84 bits per heavy atom. The predicted molar refractivity (Wildman–Crippen MR) is 119 cm³/mol. The Morgan fingerprint density at radius 3 is 2.52 bits per heavy atom. The van der Waals surface area contributed by atoms with Gasteiger partial charge in [0.05, 0.1) is 25.5 Å². The molecule has 6 nitrogen and oxygen atoms in total. The molecule has 0 radical (unpaired) electrons. The fraction of sp³-hybridized carbons (Fsp3) is 0.520. The third kappa shape index (κ3) is 7.55. The van der Waals surface area contributed by atoms with Crippen LogP contribution in [0.15, 0.2) is 53.1 Å². The van der Waals surface area contributed by atoms with E-state index in [0.717, 1.165) is 50.0 Å². The van der Waals surface area contributed by atoms with Crippen LogP contribution in [0.4, 0.5) is 0 Å². The van der Waals surface area contributed by atoms with Crippen molar-refractivity contribution >= 4 is 11.8 Å². The van der Waals surface area contributed by atoms with Crippen molar-refractivity contribution in [1.29, 1.82) is 0 Å². The number of carbonyl (C=O) groups excluding carboxylic acids is 2. The topological polar surface area (TPSA) is 63.0 Å². The molecule has 168 valence electrons. The maximum atomic E-state index is 13.3. The Labute approximate surface area is 185 Å². The smallest absolute Gasteiger partial charge is 0.242 e. The lowest BCUT2D eigenvalue weighted by molar-refractivity contribution is -0.142. The quantitative estimate of drug-likeness (QED) is 0.472. The highest BCUT2D eigenvalue weighted by atomic mass is 16.5. The second kappa shape index (κ2) is 12.3. The minimum Gasteiger partial charge on any atom is -0.467 e. The molecule has 6 heteroatoms. The lowest BCUT2D eigenvalue weighted by Gasteiger charge is -2.29. The number of hydrogen-bond donors (Lipinski definition) is 0. The van der Waals surface area contributed by atoms with Crippen molar-refractivity contribution in [3.63, 3.8) is 0 Å². The largest absolute Gasteiger partial charge is 0.467 e. The Kier molecular flexibility index (Phi) is 9.16. The molecule has 31 heavy (non-hydrogen) atoms. The lowest BCUT2D eigenvalue weighted by atomic mass is 10.1. The van der Waals surface area contributed by atoms with Crippen LogP contribution in [0.25, 0.3) is 0 Å². The van der Waals surface area contributed by atoms with Crippen LogP contribution in [0.3, 0.4) is 0 Å². The van der Waals surface area contributed by atoms with Crippen LogP contribution >= 0.6 is 0 Å². The van der Waals surface area contributed by atoms with E-state index in [9.17, 15) is 9.59 Å². The molecule has 1 aliphatic rings. The van der Waals surface area contributed by atoms with Crippen LogP contribution in [-0.4, -0.2) is 47.4 Å². The summed E-state index contributed by atoms with van der Waals surface area (Å²) in [5, 5.41) is 0. The van der Waals surface area contributed by atoms with Gasteiger partial charge in [0.25, 0.3) is 0 Å². The van der Waals surface area contributed by atoms with Crippen LogP contribution in [-0.2, 0) is 27.4 Å². The Hall–Kier alpha value is -2.60. The van der Waals surface area contributed by atoms with Gasteiger partial charge in [0.1, 0.15) is 5.76 Å². The fourth-order valence-electron chi connectivity index (χ4n) is 3.86. The molecule has 2 amide bonds. The molecule has 1 atom stereocenters. The molecule has 2 aromatic rings. The second-order valence-corrected chi connectivity index (χ2v) is 8.18. The van der Waals surface area contributed by atoms with Gasteiger partial charge in [-0.25, -0.2) is 0 Å². The summed E-state index contributed by atoms with van der Waals surface area (Å²) in [7, 11) is 0. The van der Waals surface area contributed by atoms with Crippen LogP contribution in [0.5, 0.6) is 0 Å². The van der Waals surface area contributed by atoms with Crippen molar-refractivity contribution in [1.82, 2.24) is 9.80 Å². The summed E-state index contributed by atoms with van der Waals surface area (Å²) in [5.41, 5.74) is 1.04. The highest BCUT2D eigenvalue weighted by molar-refractivity contribution is 5.84. The number of unbranched alkanes of at least 4 members (excludes halogenated alkanes) is 2. The van der Waals surface area contributed by atoms with Crippen molar-refractivity contribution in [2.45, 2.75) is 64.6 Å². The fourth-order valence-corrected chi connectivity index (χ4v) is 3.86. The van der Waals surface area contributed by atoms with Crippen molar-refractivity contribution in [3.05, 3.63) is 60.1 Å². The molecule has 0 N–H and O–H groups in total. The van der Waals surface area contributed by atoms with Gasteiger partial charge in [-0.1, -0.05) is 50.1 Å². The molecule has 1 aromatic heterocycles. The molecular formula is C25H34N2O4. The predicted octanol–water partition coefficient (Wildman–Crippen LogP) is 4.40. The number of rotatable bonds is 12. The van der Waals surface area contributed by atoms with Crippen molar-refractivity contribution in [2.24, 2.45) is 0 Å². The monoisotopic (exact) mass is 426 g/mol. The Bertz CT molecular complexity index is 785. The molecule has 2 heterocycles. The first-order valence-electron chi connectivity index (χ1n) is 11.4. The highest BCUT2D eigenvalue weighted by Gasteiger charge is 2.26. The molecule has 1 aliphatic heterocycles. The first kappa shape index (κ1) is 23.1. The molecule has 1 fully saturated rings. The first-order chi connectivity index (χ1) is 15.2. The maximum absolute atomic E-state index is 13.3. The van der Waals surface area contributed by atoms with E-state index in [4.69, 9.17) is 9.15 Å². The molecule has 0 saturated carbocycles. The van der Waals surface area contributed by atoms with Crippen molar-refractivity contribution in [2.75, 3.05) is 19.7 Å². The highest BCUT2D eigenvalue weighted by Crippen LogP contribution is 2.16. The summed E-state index contributed by atoms with van der Waals surface area (Å²) in [6.45, 7) is 4.25. The SMILES string of the molecule is CCCCCC(=O)N(CC(=O)N(Cc1ccccc1)Cc1ccco1)CC1CCCO1. The van der Waals surface area contributed by atoms with Gasteiger partial charge in [-0.3, -0.25) is 9.59 Å². The molecular weight excluding hydrogens is 392 g/mol. The minimum absolute atomic E-state index is 0.0237. The maximum Gasteiger partial charge on any atom is 0.242 e. The Morgan fingerprint density at radius 1 is 1.00 bits per heavy atom. The summed E-state index contributed by atoms with van der Waals surface area (Å²) in [5.74, 6) is 0.682. The van der Waals surface area contributed by atoms with Crippen LogP contribution in [0, 0.1) is 0 Å². The molecule has 1 aromatic carbocycles. The van der Waals surface area contributed by atoms with E-state index in [1.165, 1.54) is 0 Å². The molecule has 0 spiro atoms. The average molecular weight is 427 g/mol. The number of hydrogen-bond acceptors (Lipinski definition) is 4. The van der Waals surface area contributed by atoms with Gasteiger partial charge in [-0.2, -0.15) is 0 Å². The van der Waals surface area contributed by atoms with Crippen LogP contribution < -0.4 is 0 Å². The number of benzene rings is 1. The summed E-state index contributed by atoms with van der Waals surface area (Å²) in [4.78, 5) is 29.7. The summed E-state index contributed by atoms with van der Waals surface area (Å²) in [6, 6.07) is 13.6. The van der Waals surface area contributed by atoms with Gasteiger partial charge < -0.3 is 19.0 Å². The molecule has 0 aliphatic carbocycles. The van der Waals surface area contributed by atoms with E-state index in [1.807, 2.05) is 42.5 Å². The van der Waals surface area contributed by atoms with Crippen molar-refractivity contribution in [3.8, 4) is 0 Å². The number of nitrogens with zero attached hydrogens (tertiary/aromatic N) is 2. The van der Waals surface area contributed by atoms with E-state index in [-0.39, 0.29) is 24.5 Å². The van der Waals surface area contributed by atoms with E-state index in [1.54, 1.807) is 16.1 Å². The summed E-state index contributed by atoms with van der Waals surface area (Å²) in [6.07, 6.45) is 6.99. The molecule has 1 saturated heterocycles. The van der Waals surface area contributed by atoms with Gasteiger partial charge in [0.2, 0.25) is 11.8 Å². The molecule has 0 bridgehead atoms. The van der Waals surface area contributed by atoms with Crippen LogP contribution in [0.1, 0.15) is 56.8 Å². The summed E-state index contributed by atoms with van der Waals surface area (Å²) < 4.78 is 11.2. The minimum atomic E-state index is -0.0814. The molecule has 3 rings (SSSR count). The first-order valence-corrected chi connectivity index (χ1v) is 11.4. The number of ether oxygens (including phenoxy) is 1. The number of furan rings is 1. The van der Waals surface area contributed by atoms with Gasteiger partial charge in [-0.05, 0) is 37.0 Å². The zero-order valence-electron chi connectivity index (χ0n) is 18.5. The van der Waals surface area contributed by atoms with E-state index < -0.39 is 0 Å². The van der Waals surface area contributed by atoms with Crippen LogP contribution in [0.2, 0.25) is 0 Å². The van der Waals surface area contributed by atoms with E-state index in [2.05, 4.69) is 6.92 Å². The third-order valence-corrected chi connectivity index (χ3v) is 5.62.